The molecule has 1 aliphatic rings. The summed E-state index contributed by atoms with van der Waals surface area (Å²) >= 11 is 0. The monoisotopic (exact) mass is 316 g/mol. The van der Waals surface area contributed by atoms with Crippen LogP contribution in [0.3, 0.4) is 0 Å². The van der Waals surface area contributed by atoms with Gasteiger partial charge in [0.25, 0.3) is 0 Å². The van der Waals surface area contributed by atoms with Gasteiger partial charge in [0.1, 0.15) is 11.4 Å². The van der Waals surface area contributed by atoms with Gasteiger partial charge in [-0.2, -0.15) is 0 Å². The van der Waals surface area contributed by atoms with Crippen molar-refractivity contribution in [2.24, 2.45) is 13.0 Å². The third-order valence-electron chi connectivity index (χ3n) is 4.55. The standard InChI is InChI=1S/C17H24N4O2/c1-11-5-4-6-13(9-11)23-16-8-7-14(18-12(16)2)17-15(10-22)21(3)20-19-17/h7-8,11,13,22H,4-6,9-10H2,1-3H3/t11-,13-/m0/s1. The van der Waals surface area contributed by atoms with Gasteiger partial charge < -0.3 is 9.84 Å². The molecule has 2 atom stereocenters. The molecule has 2 aromatic heterocycles. The number of aliphatic hydroxyl groups excluding tert-OH is 1. The van der Waals surface area contributed by atoms with Crippen molar-refractivity contribution in [3.8, 4) is 17.1 Å². The van der Waals surface area contributed by atoms with Crippen LogP contribution in [0, 0.1) is 12.8 Å². The van der Waals surface area contributed by atoms with Gasteiger partial charge in [-0.25, -0.2) is 9.67 Å². The molecule has 6 nitrogen and oxygen atoms in total. The van der Waals surface area contributed by atoms with Gasteiger partial charge in [0, 0.05) is 7.05 Å². The largest absolute Gasteiger partial charge is 0.489 e. The smallest absolute Gasteiger partial charge is 0.140 e. The van der Waals surface area contributed by atoms with Gasteiger partial charge in [-0.1, -0.05) is 18.6 Å². The Morgan fingerprint density at radius 2 is 2.17 bits per heavy atom. The van der Waals surface area contributed by atoms with E-state index in [-0.39, 0.29) is 12.7 Å². The number of ether oxygens (including phenoxy) is 1. The number of hydrogen-bond donors (Lipinski definition) is 1. The van der Waals surface area contributed by atoms with E-state index in [4.69, 9.17) is 4.74 Å². The zero-order valence-electron chi connectivity index (χ0n) is 14.0. The molecule has 23 heavy (non-hydrogen) atoms. The minimum Gasteiger partial charge on any atom is -0.489 e. The molecule has 1 fully saturated rings. The summed E-state index contributed by atoms with van der Waals surface area (Å²) in [5.74, 6) is 1.57. The van der Waals surface area contributed by atoms with E-state index >= 15 is 0 Å². The maximum Gasteiger partial charge on any atom is 0.140 e. The zero-order chi connectivity index (χ0) is 16.4. The van der Waals surface area contributed by atoms with Crippen molar-refractivity contribution in [3.05, 3.63) is 23.5 Å². The van der Waals surface area contributed by atoms with Crippen LogP contribution < -0.4 is 4.74 Å². The van der Waals surface area contributed by atoms with Gasteiger partial charge in [0.2, 0.25) is 0 Å². The molecule has 0 spiro atoms. The summed E-state index contributed by atoms with van der Waals surface area (Å²) in [5, 5.41) is 17.5. The van der Waals surface area contributed by atoms with Gasteiger partial charge >= 0.3 is 0 Å². The van der Waals surface area contributed by atoms with Crippen molar-refractivity contribution in [2.45, 2.75) is 52.2 Å². The van der Waals surface area contributed by atoms with E-state index in [9.17, 15) is 5.11 Å². The highest BCUT2D eigenvalue weighted by Crippen LogP contribution is 2.29. The first kappa shape index (κ1) is 15.9. The summed E-state index contributed by atoms with van der Waals surface area (Å²) in [4.78, 5) is 4.60. The second-order valence-corrected chi connectivity index (χ2v) is 6.46. The lowest BCUT2D eigenvalue weighted by atomic mass is 9.89. The number of aryl methyl sites for hydroxylation is 2. The average Bonchev–Trinajstić information content (AvgIpc) is 2.90. The third-order valence-corrected chi connectivity index (χ3v) is 4.55. The summed E-state index contributed by atoms with van der Waals surface area (Å²) in [7, 11) is 1.76. The SMILES string of the molecule is Cc1nc(-c2nnn(C)c2CO)ccc1O[C@H]1CCC[C@H](C)C1. The van der Waals surface area contributed by atoms with Gasteiger partial charge in [-0.05, 0) is 44.2 Å². The van der Waals surface area contributed by atoms with Crippen LogP contribution in [0.2, 0.25) is 0 Å². The molecule has 1 aliphatic carbocycles. The molecule has 0 radical (unpaired) electrons. The summed E-state index contributed by atoms with van der Waals surface area (Å²) in [6.07, 6.45) is 5.04. The number of nitrogens with zero attached hydrogens (tertiary/aromatic N) is 4. The maximum absolute atomic E-state index is 9.46. The Labute approximate surface area is 136 Å². The molecule has 0 amide bonds. The topological polar surface area (TPSA) is 73.1 Å². The minimum atomic E-state index is -0.113. The molecular weight excluding hydrogens is 292 g/mol. The van der Waals surface area contributed by atoms with Gasteiger partial charge in [0.15, 0.2) is 0 Å². The van der Waals surface area contributed by atoms with E-state index in [2.05, 4.69) is 22.2 Å². The highest BCUT2D eigenvalue weighted by Gasteiger charge is 2.21. The molecule has 124 valence electrons. The van der Waals surface area contributed by atoms with Crippen LogP contribution >= 0.6 is 0 Å². The minimum absolute atomic E-state index is 0.113. The fourth-order valence-corrected chi connectivity index (χ4v) is 3.22. The Bertz CT molecular complexity index is 683. The summed E-state index contributed by atoms with van der Waals surface area (Å²) < 4.78 is 7.73. The van der Waals surface area contributed by atoms with Crippen LogP contribution in [0.15, 0.2) is 12.1 Å². The Morgan fingerprint density at radius 1 is 1.35 bits per heavy atom. The Balaban J connectivity index is 1.80. The molecule has 2 heterocycles. The van der Waals surface area contributed by atoms with Crippen LogP contribution in [0.1, 0.15) is 44.0 Å². The second kappa shape index (κ2) is 6.66. The molecule has 6 heteroatoms. The lowest BCUT2D eigenvalue weighted by Gasteiger charge is -2.27. The Hall–Kier alpha value is -1.95. The van der Waals surface area contributed by atoms with E-state index in [0.717, 1.165) is 30.2 Å². The van der Waals surface area contributed by atoms with E-state index < -0.39 is 0 Å². The molecule has 1 saturated carbocycles. The van der Waals surface area contributed by atoms with E-state index in [1.807, 2.05) is 19.1 Å². The Morgan fingerprint density at radius 3 is 2.87 bits per heavy atom. The van der Waals surface area contributed by atoms with Crippen LogP contribution in [0.5, 0.6) is 5.75 Å². The summed E-state index contributed by atoms with van der Waals surface area (Å²) in [6, 6.07) is 3.84. The second-order valence-electron chi connectivity index (χ2n) is 6.46. The first-order valence-electron chi connectivity index (χ1n) is 8.22. The van der Waals surface area contributed by atoms with Crippen molar-refractivity contribution in [2.75, 3.05) is 0 Å². The van der Waals surface area contributed by atoms with Crippen molar-refractivity contribution in [1.82, 2.24) is 20.0 Å². The van der Waals surface area contributed by atoms with Crippen molar-refractivity contribution in [1.29, 1.82) is 0 Å². The fraction of sp³-hybridized carbons (Fsp3) is 0.588. The molecule has 0 aromatic carbocycles. The Kier molecular flexibility index (Phi) is 4.61. The van der Waals surface area contributed by atoms with Gasteiger partial charge in [-0.3, -0.25) is 0 Å². The molecule has 0 unspecified atom stereocenters. The first-order valence-corrected chi connectivity index (χ1v) is 8.22. The normalized spacial score (nSPS) is 21.4. The number of aliphatic hydroxyl groups is 1. The highest BCUT2D eigenvalue weighted by atomic mass is 16.5. The predicted molar refractivity (Wildman–Crippen MR) is 86.9 cm³/mol. The summed E-state index contributed by atoms with van der Waals surface area (Å²) in [5.41, 5.74) is 2.84. The molecule has 0 aliphatic heterocycles. The summed E-state index contributed by atoms with van der Waals surface area (Å²) in [6.45, 7) is 4.12. The number of hydrogen-bond acceptors (Lipinski definition) is 5. The number of pyridine rings is 1. The lowest BCUT2D eigenvalue weighted by Crippen LogP contribution is -2.24. The van der Waals surface area contributed by atoms with E-state index in [1.54, 1.807) is 11.7 Å². The highest BCUT2D eigenvalue weighted by molar-refractivity contribution is 5.58. The molecule has 0 bridgehead atoms. The zero-order valence-corrected chi connectivity index (χ0v) is 14.0. The molecule has 2 aromatic rings. The molecule has 3 rings (SSSR count). The number of rotatable bonds is 4. The van der Waals surface area contributed by atoms with Gasteiger partial charge in [-0.15, -0.1) is 5.10 Å². The lowest BCUT2D eigenvalue weighted by molar-refractivity contribution is 0.128. The van der Waals surface area contributed by atoms with Crippen molar-refractivity contribution >= 4 is 0 Å². The number of aromatic nitrogens is 4. The van der Waals surface area contributed by atoms with Crippen LogP contribution in [-0.2, 0) is 13.7 Å². The molecular formula is C17H24N4O2. The van der Waals surface area contributed by atoms with Crippen molar-refractivity contribution < 1.29 is 9.84 Å². The maximum atomic E-state index is 9.46. The quantitative estimate of drug-likeness (QED) is 0.938. The van der Waals surface area contributed by atoms with E-state index in [1.165, 1.54) is 12.8 Å². The van der Waals surface area contributed by atoms with Gasteiger partial charge in [0.05, 0.1) is 29.8 Å². The van der Waals surface area contributed by atoms with Crippen LogP contribution in [0.4, 0.5) is 0 Å². The first-order chi connectivity index (χ1) is 11.1. The molecule has 0 saturated heterocycles. The van der Waals surface area contributed by atoms with Crippen LogP contribution in [-0.4, -0.2) is 31.2 Å². The molecule has 1 N–H and O–H groups in total. The van der Waals surface area contributed by atoms with E-state index in [0.29, 0.717) is 17.1 Å². The predicted octanol–water partition coefficient (Wildman–Crippen LogP) is 2.64. The average molecular weight is 316 g/mol. The van der Waals surface area contributed by atoms with Crippen molar-refractivity contribution in [3.63, 3.8) is 0 Å². The van der Waals surface area contributed by atoms with Crippen LogP contribution in [0.25, 0.3) is 11.4 Å². The third kappa shape index (κ3) is 3.37. The fourth-order valence-electron chi connectivity index (χ4n) is 3.22.